The van der Waals surface area contributed by atoms with Crippen molar-refractivity contribution in [1.82, 2.24) is 19.7 Å². The molecule has 1 atom stereocenters. The largest absolute Gasteiger partial charge is 0.416 e. The first-order valence-corrected chi connectivity index (χ1v) is 12.9. The van der Waals surface area contributed by atoms with E-state index in [1.54, 1.807) is 19.1 Å². The highest BCUT2D eigenvalue weighted by molar-refractivity contribution is 6.04. The van der Waals surface area contributed by atoms with Crippen LogP contribution in [-0.4, -0.2) is 55.9 Å². The number of halogens is 3. The molecule has 1 amide bonds. The molecule has 2 aromatic heterocycles. The van der Waals surface area contributed by atoms with Gasteiger partial charge in [-0.25, -0.2) is 4.68 Å². The van der Waals surface area contributed by atoms with E-state index in [1.165, 1.54) is 29.2 Å². The molecular weight excluding hydrogens is 509 g/mol. The topological polar surface area (TPSA) is 107 Å². The lowest BCUT2D eigenvalue weighted by Gasteiger charge is -2.38. The van der Waals surface area contributed by atoms with Crippen LogP contribution in [0.4, 0.5) is 18.9 Å². The van der Waals surface area contributed by atoms with Crippen LogP contribution in [0.3, 0.4) is 0 Å². The van der Waals surface area contributed by atoms with Gasteiger partial charge in [-0.05, 0) is 75.4 Å². The molecule has 5 rings (SSSR count). The maximum absolute atomic E-state index is 12.9. The van der Waals surface area contributed by atoms with Crippen molar-refractivity contribution in [3.8, 4) is 11.8 Å². The van der Waals surface area contributed by atoms with Gasteiger partial charge in [-0.15, -0.1) is 0 Å². The normalized spacial score (nSPS) is 23.9. The lowest BCUT2D eigenvalue weighted by Crippen LogP contribution is -2.41. The number of carbonyl (C=O) groups is 1. The third-order valence-electron chi connectivity index (χ3n) is 7.94. The van der Waals surface area contributed by atoms with Gasteiger partial charge >= 0.3 is 6.18 Å². The zero-order valence-electron chi connectivity index (χ0n) is 21.4. The Balaban J connectivity index is 1.24. The highest BCUT2D eigenvalue weighted by atomic mass is 19.4. The van der Waals surface area contributed by atoms with Crippen LogP contribution in [0.5, 0.6) is 0 Å². The second-order valence-electron chi connectivity index (χ2n) is 10.3. The third-order valence-corrected chi connectivity index (χ3v) is 7.94. The van der Waals surface area contributed by atoms with Crippen LogP contribution >= 0.6 is 0 Å². The molecule has 1 aliphatic carbocycles. The van der Waals surface area contributed by atoms with Crippen LogP contribution in [-0.2, 0) is 11.6 Å². The number of nitrogens with zero attached hydrogens (tertiary/aromatic N) is 5. The summed E-state index contributed by atoms with van der Waals surface area (Å²) in [6.07, 6.45) is 2.09. The van der Waals surface area contributed by atoms with Gasteiger partial charge in [0.25, 0.3) is 5.91 Å². The highest BCUT2D eigenvalue weighted by Gasteiger charge is 2.41. The van der Waals surface area contributed by atoms with Gasteiger partial charge in [0, 0.05) is 19.1 Å². The molecule has 1 aliphatic heterocycles. The smallest absolute Gasteiger partial charge is 0.392 e. The van der Waals surface area contributed by atoms with Gasteiger partial charge < -0.3 is 10.4 Å². The number of anilines is 1. The van der Waals surface area contributed by atoms with Crippen molar-refractivity contribution in [1.29, 1.82) is 5.26 Å². The van der Waals surface area contributed by atoms with Gasteiger partial charge in [-0.1, -0.05) is 0 Å². The highest BCUT2D eigenvalue weighted by Crippen LogP contribution is 2.40. The number of nitrogens with one attached hydrogen (secondary N) is 1. The molecule has 1 saturated heterocycles. The Morgan fingerprint density at radius 2 is 1.85 bits per heavy atom. The summed E-state index contributed by atoms with van der Waals surface area (Å²) in [5.74, 6) is -0.427. The summed E-state index contributed by atoms with van der Waals surface area (Å²) in [5.41, 5.74) is 0.843. The first kappa shape index (κ1) is 26.8. The fourth-order valence-corrected chi connectivity index (χ4v) is 5.62. The number of aliphatic hydroxyl groups is 1. The molecule has 2 aliphatic rings. The SMILES string of the molecule is Cc1c(C(=O)Nc2ccc(C3(C#N)CCC(N4CCC(O)C4)CC3)nc2)cnn1-c1ccc(C(F)(F)F)cc1. The number of nitriles is 1. The lowest BCUT2D eigenvalue weighted by atomic mass is 9.71. The first-order chi connectivity index (χ1) is 18.6. The predicted molar refractivity (Wildman–Crippen MR) is 137 cm³/mol. The maximum atomic E-state index is 12.9. The molecule has 3 heterocycles. The molecule has 2 N–H and O–H groups in total. The Kier molecular flexibility index (Phi) is 7.18. The average molecular weight is 539 g/mol. The van der Waals surface area contributed by atoms with Crippen molar-refractivity contribution in [3.63, 3.8) is 0 Å². The van der Waals surface area contributed by atoms with Crippen LogP contribution < -0.4 is 5.32 Å². The Labute approximate surface area is 224 Å². The summed E-state index contributed by atoms with van der Waals surface area (Å²) in [7, 11) is 0. The van der Waals surface area contributed by atoms with Gasteiger partial charge in [0.05, 0.1) is 63.9 Å². The van der Waals surface area contributed by atoms with Crippen LogP contribution in [0.1, 0.15) is 59.4 Å². The van der Waals surface area contributed by atoms with E-state index in [9.17, 15) is 28.3 Å². The number of pyridine rings is 1. The van der Waals surface area contributed by atoms with Crippen molar-refractivity contribution >= 4 is 11.6 Å². The van der Waals surface area contributed by atoms with Gasteiger partial charge in [0.2, 0.25) is 0 Å². The van der Waals surface area contributed by atoms with Crippen LogP contribution in [0.25, 0.3) is 5.69 Å². The Bertz CT molecular complexity index is 1370. The minimum atomic E-state index is -4.43. The predicted octanol–water partition coefficient (Wildman–Crippen LogP) is 4.62. The van der Waals surface area contributed by atoms with E-state index in [0.29, 0.717) is 48.2 Å². The van der Waals surface area contributed by atoms with Gasteiger partial charge in [-0.2, -0.15) is 23.5 Å². The minimum absolute atomic E-state index is 0.264. The Morgan fingerprint density at radius 3 is 2.41 bits per heavy atom. The molecule has 39 heavy (non-hydrogen) atoms. The number of likely N-dealkylation sites (tertiary alicyclic amines) is 1. The second-order valence-corrected chi connectivity index (χ2v) is 10.3. The number of amides is 1. The number of aromatic nitrogens is 3. The number of aliphatic hydroxyl groups excluding tert-OH is 1. The molecule has 1 unspecified atom stereocenters. The van der Waals surface area contributed by atoms with Crippen molar-refractivity contribution in [3.05, 3.63) is 71.3 Å². The first-order valence-electron chi connectivity index (χ1n) is 12.9. The monoisotopic (exact) mass is 538 g/mol. The fourth-order valence-electron chi connectivity index (χ4n) is 5.62. The van der Waals surface area contributed by atoms with E-state index >= 15 is 0 Å². The number of benzene rings is 1. The molecule has 3 aromatic rings. The molecule has 0 bridgehead atoms. The van der Waals surface area contributed by atoms with Crippen molar-refractivity contribution in [2.75, 3.05) is 18.4 Å². The summed E-state index contributed by atoms with van der Waals surface area (Å²) in [6, 6.07) is 10.9. The summed E-state index contributed by atoms with van der Waals surface area (Å²) < 4.78 is 40.0. The van der Waals surface area contributed by atoms with Crippen molar-refractivity contribution in [2.24, 2.45) is 0 Å². The molecule has 1 aromatic carbocycles. The quantitative estimate of drug-likeness (QED) is 0.491. The van der Waals surface area contributed by atoms with Gasteiger partial charge in [0.15, 0.2) is 0 Å². The van der Waals surface area contributed by atoms with Gasteiger partial charge in [0.1, 0.15) is 0 Å². The second kappa shape index (κ2) is 10.4. The third kappa shape index (κ3) is 5.40. The number of rotatable bonds is 5. The number of hydrogen-bond acceptors (Lipinski definition) is 6. The van der Waals surface area contributed by atoms with E-state index in [-0.39, 0.29) is 11.7 Å². The molecule has 0 spiro atoms. The van der Waals surface area contributed by atoms with E-state index in [2.05, 4.69) is 26.4 Å². The van der Waals surface area contributed by atoms with Crippen LogP contribution in [0, 0.1) is 18.3 Å². The average Bonchev–Trinajstić information content (AvgIpc) is 3.54. The fraction of sp³-hybridized carbons (Fsp3) is 0.429. The molecule has 204 valence electrons. The lowest BCUT2D eigenvalue weighted by molar-refractivity contribution is -0.137. The van der Waals surface area contributed by atoms with Gasteiger partial charge in [-0.3, -0.25) is 14.7 Å². The maximum Gasteiger partial charge on any atom is 0.416 e. The summed E-state index contributed by atoms with van der Waals surface area (Å²) >= 11 is 0. The Hall–Kier alpha value is -3.75. The molecule has 2 fully saturated rings. The minimum Gasteiger partial charge on any atom is -0.392 e. The standard InChI is InChI=1S/C28H29F3N6O2/c1-18-24(15-34-37(18)22-5-2-19(3-6-22)28(29,30)31)26(39)35-20-4-7-25(33-14-20)27(17-32)11-8-21(9-12-27)36-13-10-23(38)16-36/h2-7,14-15,21,23,38H,8-13,16H2,1H3,(H,35,39). The molecule has 11 heteroatoms. The summed E-state index contributed by atoms with van der Waals surface area (Å²) in [5, 5.41) is 26.9. The van der Waals surface area contributed by atoms with E-state index in [0.717, 1.165) is 37.9 Å². The molecular formula is C28H29F3N6O2. The van der Waals surface area contributed by atoms with Crippen LogP contribution in [0.15, 0.2) is 48.8 Å². The summed E-state index contributed by atoms with van der Waals surface area (Å²) in [4.78, 5) is 19.8. The zero-order valence-corrected chi connectivity index (χ0v) is 21.4. The molecule has 8 nitrogen and oxygen atoms in total. The molecule has 1 saturated carbocycles. The van der Waals surface area contributed by atoms with E-state index < -0.39 is 23.1 Å². The number of β-amino-alcohol motifs (C(OH)–C–C–N with tert-alkyl or cyclic N) is 1. The number of hydrogen-bond donors (Lipinski definition) is 2. The summed E-state index contributed by atoms with van der Waals surface area (Å²) in [6.45, 7) is 3.25. The van der Waals surface area contributed by atoms with Crippen molar-refractivity contribution < 1.29 is 23.1 Å². The van der Waals surface area contributed by atoms with E-state index in [1.807, 2.05) is 0 Å². The Morgan fingerprint density at radius 1 is 1.13 bits per heavy atom. The van der Waals surface area contributed by atoms with Crippen molar-refractivity contribution in [2.45, 2.75) is 62.8 Å². The zero-order chi connectivity index (χ0) is 27.8. The number of carbonyl (C=O) groups excluding carboxylic acids is 1. The molecule has 0 radical (unpaired) electrons. The number of alkyl halides is 3. The van der Waals surface area contributed by atoms with Crippen LogP contribution in [0.2, 0.25) is 0 Å². The van der Waals surface area contributed by atoms with E-state index in [4.69, 9.17) is 0 Å².